The average Bonchev–Trinajstić information content (AvgIpc) is 2.17. The summed E-state index contributed by atoms with van der Waals surface area (Å²) in [5, 5.41) is 0.867. The molecule has 0 radical (unpaired) electrons. The van der Waals surface area contributed by atoms with E-state index in [1.54, 1.807) is 18.2 Å². The van der Waals surface area contributed by atoms with Crippen LogP contribution in [0.5, 0.6) is 0 Å². The molecule has 5 heteroatoms. The van der Waals surface area contributed by atoms with E-state index in [0.29, 0.717) is 21.3 Å². The quantitative estimate of drug-likeness (QED) is 0.602. The number of rotatable bonds is 4. The normalized spacial score (nSPS) is 12.5. The number of carbonyl (C=O) groups excluding carboxylic acids is 1. The number of carbonyl (C=O) groups is 1. The molecule has 0 aliphatic heterocycles. The van der Waals surface area contributed by atoms with Crippen LogP contribution < -0.4 is 18.9 Å². The van der Waals surface area contributed by atoms with Gasteiger partial charge in [-0.1, -0.05) is 49.5 Å². The molecule has 1 atom stereocenters. The Morgan fingerprint density at radius 3 is 2.31 bits per heavy atom. The van der Waals surface area contributed by atoms with Gasteiger partial charge in [0.2, 0.25) is 0 Å². The first-order chi connectivity index (χ1) is 7.06. The summed E-state index contributed by atoms with van der Waals surface area (Å²) in [5.74, 6) is 0. The number of hydrogen-bond donors (Lipinski definition) is 0. The second-order valence-electron chi connectivity index (χ2n) is 3.29. The molecule has 1 aromatic rings. The molecule has 0 N–H and O–H groups in total. The molecule has 0 heterocycles. The van der Waals surface area contributed by atoms with Gasteiger partial charge in [-0.25, -0.2) is 0 Å². The molecule has 0 spiro atoms. The Bertz CT molecular complexity index is 351. The van der Waals surface area contributed by atoms with Gasteiger partial charge in [0.05, 0.1) is 10.0 Å². The standard InChI is InChI=1S/C11H12Cl2OP.Li/c1-3-7(2)15-11(14)10-8(12)5-4-6-9(10)13;/h4-7H,3H2,1-2H3;/q-1;+1. The molecule has 0 saturated heterocycles. The summed E-state index contributed by atoms with van der Waals surface area (Å²) in [6.45, 7) is 4.09. The van der Waals surface area contributed by atoms with E-state index in [4.69, 9.17) is 23.2 Å². The zero-order valence-electron chi connectivity index (χ0n) is 9.63. The number of benzene rings is 1. The van der Waals surface area contributed by atoms with Crippen LogP contribution in [0.25, 0.3) is 0 Å². The predicted octanol–water partition coefficient (Wildman–Crippen LogP) is 1.88. The maximum absolute atomic E-state index is 11.9. The third-order valence-electron chi connectivity index (χ3n) is 2.11. The third kappa shape index (κ3) is 4.40. The Hall–Kier alpha value is 0.497. The fourth-order valence-corrected chi connectivity index (χ4v) is 2.71. The fourth-order valence-electron chi connectivity index (χ4n) is 1.06. The summed E-state index contributed by atoms with van der Waals surface area (Å²) in [4.78, 5) is 11.9. The number of hydrogen-bond acceptors (Lipinski definition) is 1. The molecule has 1 unspecified atom stereocenters. The van der Waals surface area contributed by atoms with Gasteiger partial charge in [-0.3, -0.25) is 0 Å². The Morgan fingerprint density at radius 1 is 1.38 bits per heavy atom. The molecular weight excluding hydrogens is 257 g/mol. The molecule has 0 aromatic heterocycles. The zero-order chi connectivity index (χ0) is 11.4. The Morgan fingerprint density at radius 2 is 1.88 bits per heavy atom. The van der Waals surface area contributed by atoms with Crippen LogP contribution in [0.2, 0.25) is 10.0 Å². The zero-order valence-corrected chi connectivity index (χ0v) is 12.0. The molecule has 0 aliphatic rings. The fraction of sp³-hybridized carbons (Fsp3) is 0.364. The molecule has 0 aliphatic carbocycles. The molecule has 16 heavy (non-hydrogen) atoms. The van der Waals surface area contributed by atoms with Gasteiger partial charge in [-0.15, -0.1) is 0 Å². The van der Waals surface area contributed by atoms with Crippen molar-refractivity contribution in [3.63, 3.8) is 0 Å². The van der Waals surface area contributed by atoms with Gasteiger partial charge < -0.3 is 13.4 Å². The van der Waals surface area contributed by atoms with Crippen LogP contribution in [-0.2, 0) is 0 Å². The van der Waals surface area contributed by atoms with E-state index in [-0.39, 0.29) is 24.4 Å². The average molecular weight is 269 g/mol. The summed E-state index contributed by atoms with van der Waals surface area (Å²) in [5.41, 5.74) is 0.785. The Balaban J connectivity index is 0.00000225. The first kappa shape index (κ1) is 16.5. The van der Waals surface area contributed by atoms with Gasteiger partial charge in [-0.2, -0.15) is 5.66 Å². The first-order valence-electron chi connectivity index (χ1n) is 4.75. The van der Waals surface area contributed by atoms with Crippen molar-refractivity contribution < 1.29 is 23.7 Å². The minimum atomic E-state index is -0.0000463. The molecule has 1 rings (SSSR count). The van der Waals surface area contributed by atoms with Crippen molar-refractivity contribution in [1.29, 1.82) is 0 Å². The number of halogens is 2. The van der Waals surface area contributed by atoms with E-state index in [1.807, 2.05) is 6.92 Å². The minimum absolute atomic E-state index is 0. The van der Waals surface area contributed by atoms with Gasteiger partial charge in [0.15, 0.2) is 0 Å². The molecule has 1 aromatic carbocycles. The maximum Gasteiger partial charge on any atom is 1.00 e. The third-order valence-corrected chi connectivity index (χ3v) is 4.00. The van der Waals surface area contributed by atoms with Gasteiger partial charge in [0.25, 0.3) is 0 Å². The van der Waals surface area contributed by atoms with Crippen LogP contribution >= 0.6 is 31.8 Å². The Labute approximate surface area is 120 Å². The van der Waals surface area contributed by atoms with Gasteiger partial charge in [0.1, 0.15) is 0 Å². The van der Waals surface area contributed by atoms with Crippen LogP contribution in [0.15, 0.2) is 18.2 Å². The summed E-state index contributed by atoms with van der Waals surface area (Å²) in [6.07, 6.45) is 0.968. The first-order valence-corrected chi connectivity index (χ1v) is 6.47. The maximum atomic E-state index is 11.9. The monoisotopic (exact) mass is 268 g/mol. The molecule has 0 saturated carbocycles. The molecule has 82 valence electrons. The molecule has 0 amide bonds. The molecule has 0 bridgehead atoms. The van der Waals surface area contributed by atoms with E-state index in [2.05, 4.69) is 6.92 Å². The molecule has 0 fully saturated rings. The summed E-state index contributed by atoms with van der Waals surface area (Å²) in [6, 6.07) is 5.11. The van der Waals surface area contributed by atoms with Crippen LogP contribution in [-0.4, -0.2) is 11.2 Å². The molecular formula is C11H12Cl2LiOP. The van der Waals surface area contributed by atoms with Crippen molar-refractivity contribution in [2.24, 2.45) is 0 Å². The Kier molecular flexibility index (Phi) is 7.99. The van der Waals surface area contributed by atoms with Crippen molar-refractivity contribution >= 4 is 37.3 Å². The second-order valence-corrected chi connectivity index (χ2v) is 5.65. The summed E-state index contributed by atoms with van der Waals surface area (Å²) in [7, 11) is 0.758. The van der Waals surface area contributed by atoms with Crippen molar-refractivity contribution in [1.82, 2.24) is 0 Å². The topological polar surface area (TPSA) is 17.1 Å². The van der Waals surface area contributed by atoms with Gasteiger partial charge >= 0.3 is 18.9 Å². The van der Waals surface area contributed by atoms with E-state index >= 15 is 0 Å². The summed E-state index contributed by atoms with van der Waals surface area (Å²) >= 11 is 11.9. The van der Waals surface area contributed by atoms with E-state index < -0.39 is 0 Å². The largest absolute Gasteiger partial charge is 1.00 e. The van der Waals surface area contributed by atoms with Crippen molar-refractivity contribution in [3.8, 4) is 0 Å². The van der Waals surface area contributed by atoms with Gasteiger partial charge in [-0.05, 0) is 12.1 Å². The predicted molar refractivity (Wildman–Crippen MR) is 67.5 cm³/mol. The summed E-state index contributed by atoms with van der Waals surface area (Å²) < 4.78 is 0. The van der Waals surface area contributed by atoms with Crippen LogP contribution in [0.4, 0.5) is 0 Å². The van der Waals surface area contributed by atoms with Crippen LogP contribution in [0.1, 0.15) is 30.6 Å². The SMILES string of the molecule is CCC(C)[P-]C(=O)c1c(Cl)cccc1Cl.[Li+]. The molecule has 1 nitrogen and oxygen atoms in total. The van der Waals surface area contributed by atoms with Crippen molar-refractivity contribution in [2.45, 2.75) is 25.9 Å². The van der Waals surface area contributed by atoms with Crippen LogP contribution in [0, 0.1) is 0 Å². The smallest absolute Gasteiger partial charge is 0.456 e. The van der Waals surface area contributed by atoms with E-state index in [0.717, 1.165) is 15.0 Å². The second kappa shape index (κ2) is 7.75. The van der Waals surface area contributed by atoms with Crippen LogP contribution in [0.3, 0.4) is 0 Å². The van der Waals surface area contributed by atoms with E-state index in [9.17, 15) is 4.79 Å². The minimum Gasteiger partial charge on any atom is -0.456 e. The van der Waals surface area contributed by atoms with Gasteiger partial charge in [0, 0.05) is 11.1 Å². The van der Waals surface area contributed by atoms with Crippen molar-refractivity contribution in [3.05, 3.63) is 33.8 Å². The van der Waals surface area contributed by atoms with E-state index in [1.165, 1.54) is 0 Å². The van der Waals surface area contributed by atoms with Crippen molar-refractivity contribution in [2.75, 3.05) is 0 Å².